The van der Waals surface area contributed by atoms with Crippen molar-refractivity contribution in [3.63, 3.8) is 0 Å². The molecule has 2 N–H and O–H groups in total. The number of esters is 1. The van der Waals surface area contributed by atoms with Gasteiger partial charge in [-0.1, -0.05) is 20.3 Å². The summed E-state index contributed by atoms with van der Waals surface area (Å²) in [7, 11) is 0.658. The molecule has 0 spiro atoms. The average molecular weight is 346 g/mol. The highest BCUT2D eigenvalue weighted by atomic mass is 32.2. The Labute approximate surface area is 142 Å². The zero-order valence-electron chi connectivity index (χ0n) is 14.8. The first kappa shape index (κ1) is 19.9. The summed E-state index contributed by atoms with van der Waals surface area (Å²) in [4.78, 5) is 15.9. The van der Waals surface area contributed by atoms with Gasteiger partial charge in [-0.15, -0.1) is 0 Å². The SMILES string of the molecule is CCNC(=NCC(C)C(=O)OC)NC1CCCC(S(=O)CC)C1. The Morgan fingerprint density at radius 2 is 2.13 bits per heavy atom. The molecule has 6 nitrogen and oxygen atoms in total. The molecule has 1 saturated carbocycles. The van der Waals surface area contributed by atoms with Crippen molar-refractivity contribution in [3.05, 3.63) is 0 Å². The lowest BCUT2D eigenvalue weighted by Gasteiger charge is -2.30. The Bertz CT molecular complexity index is 429. The number of ether oxygens (including phenoxy) is 1. The van der Waals surface area contributed by atoms with Crippen LogP contribution in [0.5, 0.6) is 0 Å². The van der Waals surface area contributed by atoms with Gasteiger partial charge >= 0.3 is 5.97 Å². The minimum Gasteiger partial charge on any atom is -0.469 e. The number of carbonyl (C=O) groups excluding carboxylic acids is 1. The van der Waals surface area contributed by atoms with Gasteiger partial charge in [-0.3, -0.25) is 14.0 Å². The van der Waals surface area contributed by atoms with Crippen LogP contribution in [0, 0.1) is 5.92 Å². The summed E-state index contributed by atoms with van der Waals surface area (Å²) in [6.07, 6.45) is 4.11. The van der Waals surface area contributed by atoms with Gasteiger partial charge in [-0.25, -0.2) is 0 Å². The highest BCUT2D eigenvalue weighted by Gasteiger charge is 2.26. The number of guanidine groups is 1. The number of aliphatic imine (C=N–C) groups is 1. The zero-order valence-corrected chi connectivity index (χ0v) is 15.6. The first-order valence-electron chi connectivity index (χ1n) is 8.51. The van der Waals surface area contributed by atoms with Crippen LogP contribution in [0.1, 0.15) is 46.5 Å². The number of rotatable bonds is 7. The molecule has 0 heterocycles. The molecule has 1 aliphatic carbocycles. The summed E-state index contributed by atoms with van der Waals surface area (Å²) in [5.41, 5.74) is 0. The van der Waals surface area contributed by atoms with E-state index < -0.39 is 10.8 Å². The maximum absolute atomic E-state index is 12.0. The molecule has 0 aromatic heterocycles. The van der Waals surface area contributed by atoms with E-state index in [0.29, 0.717) is 6.54 Å². The quantitative estimate of drug-likeness (QED) is 0.414. The normalized spacial score (nSPS) is 24.6. The highest BCUT2D eigenvalue weighted by Crippen LogP contribution is 2.22. The van der Waals surface area contributed by atoms with E-state index in [-0.39, 0.29) is 23.2 Å². The molecule has 0 amide bonds. The van der Waals surface area contributed by atoms with Gasteiger partial charge in [-0.2, -0.15) is 0 Å². The fourth-order valence-corrected chi connectivity index (χ4v) is 4.12. The monoisotopic (exact) mass is 345 g/mol. The molecule has 1 aliphatic rings. The summed E-state index contributed by atoms with van der Waals surface area (Å²) in [6.45, 7) is 6.94. The molecule has 4 unspecified atom stereocenters. The van der Waals surface area contributed by atoms with Crippen molar-refractivity contribution >= 4 is 22.7 Å². The molecule has 0 aromatic carbocycles. The number of hydrogen-bond acceptors (Lipinski definition) is 4. The van der Waals surface area contributed by atoms with Gasteiger partial charge in [0.1, 0.15) is 0 Å². The Kier molecular flexibility index (Phi) is 9.21. The molecule has 7 heteroatoms. The molecule has 23 heavy (non-hydrogen) atoms. The summed E-state index contributed by atoms with van der Waals surface area (Å²) < 4.78 is 16.8. The van der Waals surface area contributed by atoms with Crippen LogP contribution in [0.3, 0.4) is 0 Å². The van der Waals surface area contributed by atoms with Gasteiger partial charge in [0.15, 0.2) is 5.96 Å². The minimum absolute atomic E-state index is 0.249. The van der Waals surface area contributed by atoms with Crippen LogP contribution in [0.4, 0.5) is 0 Å². The standard InChI is InChI=1S/C16H31N3O3S/c1-5-17-16(18-11-12(3)15(20)22-4)19-13-8-7-9-14(10-13)23(21)6-2/h12-14H,5-11H2,1-4H3,(H2,17,18,19). The predicted molar refractivity (Wildman–Crippen MR) is 95.0 cm³/mol. The molecule has 1 rings (SSSR count). The molecule has 0 bridgehead atoms. The smallest absolute Gasteiger partial charge is 0.310 e. The molecule has 0 aromatic rings. The fourth-order valence-electron chi connectivity index (χ4n) is 2.77. The third-order valence-electron chi connectivity index (χ3n) is 4.09. The molecule has 0 saturated heterocycles. The fraction of sp³-hybridized carbons (Fsp3) is 0.875. The van der Waals surface area contributed by atoms with Gasteiger partial charge in [0.25, 0.3) is 0 Å². The lowest BCUT2D eigenvalue weighted by molar-refractivity contribution is -0.144. The van der Waals surface area contributed by atoms with E-state index in [2.05, 4.69) is 15.6 Å². The minimum atomic E-state index is -0.733. The number of carbonyl (C=O) groups is 1. The van der Waals surface area contributed by atoms with E-state index in [1.165, 1.54) is 7.11 Å². The van der Waals surface area contributed by atoms with Crippen LogP contribution in [0.25, 0.3) is 0 Å². The van der Waals surface area contributed by atoms with Gasteiger partial charge in [0.05, 0.1) is 19.6 Å². The summed E-state index contributed by atoms with van der Waals surface area (Å²) in [5, 5.41) is 6.92. The second-order valence-electron chi connectivity index (χ2n) is 5.94. The van der Waals surface area contributed by atoms with Crippen LogP contribution in [-0.2, 0) is 20.3 Å². The van der Waals surface area contributed by atoms with E-state index in [1.807, 2.05) is 13.8 Å². The zero-order chi connectivity index (χ0) is 17.2. The van der Waals surface area contributed by atoms with Crippen LogP contribution in [-0.4, -0.2) is 53.4 Å². The summed E-state index contributed by atoms with van der Waals surface area (Å²) >= 11 is 0. The second kappa shape index (κ2) is 10.6. The Morgan fingerprint density at radius 3 is 2.74 bits per heavy atom. The van der Waals surface area contributed by atoms with Crippen LogP contribution in [0.2, 0.25) is 0 Å². The van der Waals surface area contributed by atoms with Crippen molar-refractivity contribution in [3.8, 4) is 0 Å². The van der Waals surface area contributed by atoms with Gasteiger partial charge in [-0.05, 0) is 26.2 Å². The van der Waals surface area contributed by atoms with Gasteiger partial charge in [0.2, 0.25) is 0 Å². The van der Waals surface area contributed by atoms with Crippen LogP contribution in [0.15, 0.2) is 4.99 Å². The number of nitrogens with zero attached hydrogens (tertiary/aromatic N) is 1. The van der Waals surface area contributed by atoms with Gasteiger partial charge < -0.3 is 15.4 Å². The lowest BCUT2D eigenvalue weighted by atomic mass is 9.95. The van der Waals surface area contributed by atoms with E-state index in [0.717, 1.165) is 43.9 Å². The largest absolute Gasteiger partial charge is 0.469 e. The van der Waals surface area contributed by atoms with Crippen LogP contribution < -0.4 is 10.6 Å². The first-order chi connectivity index (χ1) is 11.0. The topological polar surface area (TPSA) is 79.8 Å². The highest BCUT2D eigenvalue weighted by molar-refractivity contribution is 7.85. The van der Waals surface area contributed by atoms with Crippen molar-refractivity contribution in [1.29, 1.82) is 0 Å². The number of nitrogens with one attached hydrogen (secondary N) is 2. The van der Waals surface area contributed by atoms with E-state index >= 15 is 0 Å². The maximum Gasteiger partial charge on any atom is 0.310 e. The Balaban J connectivity index is 2.60. The molecule has 4 atom stereocenters. The summed E-state index contributed by atoms with van der Waals surface area (Å²) in [6, 6.07) is 0.287. The summed E-state index contributed by atoms with van der Waals surface area (Å²) in [5.74, 6) is 0.932. The molecule has 0 aliphatic heterocycles. The van der Waals surface area contributed by atoms with Gasteiger partial charge in [0, 0.05) is 34.4 Å². The Hall–Kier alpha value is -1.11. The van der Waals surface area contributed by atoms with Crippen molar-refractivity contribution in [2.45, 2.75) is 57.7 Å². The van der Waals surface area contributed by atoms with E-state index in [9.17, 15) is 9.00 Å². The van der Waals surface area contributed by atoms with E-state index in [4.69, 9.17) is 4.74 Å². The third kappa shape index (κ3) is 6.89. The third-order valence-corrected chi connectivity index (χ3v) is 5.84. The lowest BCUT2D eigenvalue weighted by Crippen LogP contribution is -2.46. The maximum atomic E-state index is 12.0. The average Bonchev–Trinajstić information content (AvgIpc) is 2.58. The second-order valence-corrected chi connectivity index (χ2v) is 7.95. The molecular weight excluding hydrogens is 314 g/mol. The van der Waals surface area contributed by atoms with Crippen molar-refractivity contribution in [1.82, 2.24) is 10.6 Å². The number of hydrogen-bond donors (Lipinski definition) is 2. The predicted octanol–water partition coefficient (Wildman–Crippen LogP) is 1.43. The van der Waals surface area contributed by atoms with E-state index in [1.54, 1.807) is 6.92 Å². The Morgan fingerprint density at radius 1 is 1.39 bits per heavy atom. The number of methoxy groups -OCH3 is 1. The van der Waals surface area contributed by atoms with Crippen LogP contribution >= 0.6 is 0 Å². The van der Waals surface area contributed by atoms with Crippen molar-refractivity contribution in [2.75, 3.05) is 26.0 Å². The van der Waals surface area contributed by atoms with Crippen molar-refractivity contribution in [2.24, 2.45) is 10.9 Å². The molecule has 134 valence electrons. The first-order valence-corrected chi connectivity index (χ1v) is 9.89. The van der Waals surface area contributed by atoms with Crippen molar-refractivity contribution < 1.29 is 13.7 Å². The molecular formula is C16H31N3O3S. The molecule has 1 fully saturated rings. The molecule has 0 radical (unpaired) electrons.